The van der Waals surface area contributed by atoms with Gasteiger partial charge < -0.3 is 15.6 Å². The first-order valence-corrected chi connectivity index (χ1v) is 7.55. The van der Waals surface area contributed by atoms with Gasteiger partial charge in [0.1, 0.15) is 9.39 Å². The fourth-order valence-corrected chi connectivity index (χ4v) is 3.22. The highest BCUT2D eigenvalue weighted by Crippen LogP contribution is 2.28. The number of nitrogens with one attached hydrogen (secondary N) is 1. The topological polar surface area (TPSA) is 75.0 Å². The molecule has 1 aliphatic heterocycles. The van der Waals surface area contributed by atoms with Crippen molar-refractivity contribution in [2.24, 2.45) is 5.73 Å². The molecule has 0 saturated heterocycles. The molecule has 20 heavy (non-hydrogen) atoms. The minimum Gasteiger partial charge on any atom is -0.347 e. The van der Waals surface area contributed by atoms with Crippen molar-refractivity contribution in [3.05, 3.63) is 55.6 Å². The number of halogens is 1. The summed E-state index contributed by atoms with van der Waals surface area (Å²) in [5.41, 5.74) is 8.42. The van der Waals surface area contributed by atoms with Crippen LogP contribution in [0.25, 0.3) is 0 Å². The number of benzene rings is 1. The number of hydrogen-bond acceptors (Lipinski definition) is 4. The smallest absolute Gasteiger partial charge is 0.266 e. The average molecular weight is 382 g/mol. The molecule has 1 atom stereocenters. The van der Waals surface area contributed by atoms with E-state index in [1.165, 1.54) is 17.5 Å². The zero-order valence-corrected chi connectivity index (χ0v) is 13.0. The Balaban J connectivity index is 2.05. The molecule has 3 N–H and O–H groups in total. The summed E-state index contributed by atoms with van der Waals surface area (Å²) in [6.45, 7) is 1.28. The highest BCUT2D eigenvalue weighted by atomic mass is 127. The third kappa shape index (κ3) is 2.33. The molecule has 2 aromatic rings. The van der Waals surface area contributed by atoms with E-state index in [0.717, 1.165) is 18.8 Å². The molecule has 5 nitrogen and oxygen atoms in total. The quantitative estimate of drug-likeness (QED) is 0.768. The molecule has 1 aliphatic rings. The molecular weight excluding hydrogens is 367 g/mol. The van der Waals surface area contributed by atoms with Crippen molar-refractivity contribution in [1.82, 2.24) is 9.97 Å². The second-order valence-electron chi connectivity index (χ2n) is 4.86. The van der Waals surface area contributed by atoms with Gasteiger partial charge in [-0.1, -0.05) is 24.3 Å². The molecule has 0 fully saturated rings. The number of rotatable bonds is 2. The Hall–Kier alpha value is -1.41. The highest BCUT2D eigenvalue weighted by Gasteiger charge is 2.27. The summed E-state index contributed by atoms with van der Waals surface area (Å²) >= 11 is 2.04. The van der Waals surface area contributed by atoms with Gasteiger partial charge in [0.05, 0.1) is 6.33 Å². The van der Waals surface area contributed by atoms with Gasteiger partial charge in [-0.25, -0.2) is 4.98 Å². The van der Waals surface area contributed by atoms with Crippen LogP contribution in [0.3, 0.4) is 0 Å². The SMILES string of the molecule is NCC1Cc2ccccc2CN1c1nc[nH]c(=O)c1I. The van der Waals surface area contributed by atoms with Crippen molar-refractivity contribution >= 4 is 28.4 Å². The van der Waals surface area contributed by atoms with Crippen molar-refractivity contribution in [1.29, 1.82) is 0 Å². The number of aromatic nitrogens is 2. The Bertz CT molecular complexity index is 685. The van der Waals surface area contributed by atoms with Crippen LogP contribution in [0, 0.1) is 3.57 Å². The summed E-state index contributed by atoms with van der Waals surface area (Å²) < 4.78 is 0.614. The van der Waals surface area contributed by atoms with E-state index < -0.39 is 0 Å². The number of fused-ring (bicyclic) bond motifs is 1. The van der Waals surface area contributed by atoms with Crippen LogP contribution in [-0.2, 0) is 13.0 Å². The zero-order chi connectivity index (χ0) is 14.1. The van der Waals surface area contributed by atoms with Gasteiger partial charge in [-0.2, -0.15) is 0 Å². The third-order valence-electron chi connectivity index (χ3n) is 3.68. The molecule has 0 amide bonds. The second kappa shape index (κ2) is 5.53. The summed E-state index contributed by atoms with van der Waals surface area (Å²) in [6, 6.07) is 8.53. The molecule has 6 heteroatoms. The first kappa shape index (κ1) is 13.6. The summed E-state index contributed by atoms with van der Waals surface area (Å²) in [7, 11) is 0. The van der Waals surface area contributed by atoms with Crippen LogP contribution in [0.15, 0.2) is 35.4 Å². The van der Waals surface area contributed by atoms with Gasteiger partial charge in [0.25, 0.3) is 5.56 Å². The molecule has 0 radical (unpaired) electrons. The molecule has 0 aliphatic carbocycles. The maximum Gasteiger partial charge on any atom is 0.266 e. The van der Waals surface area contributed by atoms with Gasteiger partial charge in [-0.05, 0) is 40.1 Å². The Morgan fingerprint density at radius 1 is 1.40 bits per heavy atom. The van der Waals surface area contributed by atoms with Crippen LogP contribution in [0.4, 0.5) is 5.82 Å². The number of H-pyrrole nitrogens is 1. The highest BCUT2D eigenvalue weighted by molar-refractivity contribution is 14.1. The average Bonchev–Trinajstić information content (AvgIpc) is 2.48. The van der Waals surface area contributed by atoms with Gasteiger partial charge in [-0.15, -0.1) is 0 Å². The number of nitrogens with zero attached hydrogens (tertiary/aromatic N) is 2. The molecule has 104 valence electrons. The van der Waals surface area contributed by atoms with Crippen LogP contribution in [0.1, 0.15) is 11.1 Å². The number of aromatic amines is 1. The van der Waals surface area contributed by atoms with E-state index >= 15 is 0 Å². The summed E-state index contributed by atoms with van der Waals surface area (Å²) in [5, 5.41) is 0. The fraction of sp³-hybridized carbons (Fsp3) is 0.286. The van der Waals surface area contributed by atoms with E-state index in [9.17, 15) is 4.79 Å². The first-order chi connectivity index (χ1) is 9.70. The minimum absolute atomic E-state index is 0.106. The van der Waals surface area contributed by atoms with Crippen molar-refractivity contribution in [3.8, 4) is 0 Å². The van der Waals surface area contributed by atoms with Gasteiger partial charge in [0.15, 0.2) is 0 Å². The van der Waals surface area contributed by atoms with Crippen molar-refractivity contribution in [2.45, 2.75) is 19.0 Å². The molecule has 1 aromatic heterocycles. The maximum absolute atomic E-state index is 11.8. The van der Waals surface area contributed by atoms with Crippen LogP contribution < -0.4 is 16.2 Å². The monoisotopic (exact) mass is 382 g/mol. The van der Waals surface area contributed by atoms with Crippen molar-refractivity contribution in [2.75, 3.05) is 11.4 Å². The Labute approximate surface area is 130 Å². The minimum atomic E-state index is -0.106. The van der Waals surface area contributed by atoms with E-state index in [4.69, 9.17) is 5.73 Å². The third-order valence-corrected chi connectivity index (χ3v) is 4.65. The molecule has 1 aromatic carbocycles. The molecule has 0 saturated carbocycles. The predicted octanol–water partition coefficient (Wildman–Crippen LogP) is 1.26. The lowest BCUT2D eigenvalue weighted by Gasteiger charge is -2.37. The number of anilines is 1. The van der Waals surface area contributed by atoms with Gasteiger partial charge in [0.2, 0.25) is 0 Å². The summed E-state index contributed by atoms with van der Waals surface area (Å²) in [6.07, 6.45) is 2.34. The number of hydrogen-bond donors (Lipinski definition) is 2. The van der Waals surface area contributed by atoms with Crippen LogP contribution in [0.2, 0.25) is 0 Å². The van der Waals surface area contributed by atoms with E-state index in [1.54, 1.807) is 0 Å². The predicted molar refractivity (Wildman–Crippen MR) is 86.7 cm³/mol. The van der Waals surface area contributed by atoms with E-state index in [0.29, 0.717) is 10.1 Å². The van der Waals surface area contributed by atoms with E-state index in [1.807, 2.05) is 28.7 Å². The Morgan fingerprint density at radius 2 is 2.15 bits per heavy atom. The van der Waals surface area contributed by atoms with Gasteiger partial charge >= 0.3 is 0 Å². The summed E-state index contributed by atoms with van der Waals surface area (Å²) in [5.74, 6) is 0.722. The molecule has 1 unspecified atom stereocenters. The molecule has 3 rings (SSSR count). The molecule has 2 heterocycles. The normalized spacial score (nSPS) is 17.9. The van der Waals surface area contributed by atoms with Crippen LogP contribution >= 0.6 is 22.6 Å². The standard InChI is InChI=1S/C14H15IN4O/c15-12-13(17-8-18-14(12)20)19-7-10-4-2-1-3-9(10)5-11(19)6-16/h1-4,8,11H,5-7,16H2,(H,17,18,20). The first-order valence-electron chi connectivity index (χ1n) is 6.47. The molecule has 0 spiro atoms. The fourth-order valence-electron chi connectivity index (χ4n) is 2.62. The summed E-state index contributed by atoms with van der Waals surface area (Å²) in [4.78, 5) is 20.8. The second-order valence-corrected chi connectivity index (χ2v) is 5.94. The van der Waals surface area contributed by atoms with E-state index in [2.05, 4.69) is 33.1 Å². The lowest BCUT2D eigenvalue weighted by atomic mass is 9.94. The Morgan fingerprint density at radius 3 is 2.90 bits per heavy atom. The van der Waals surface area contributed by atoms with Crippen molar-refractivity contribution in [3.63, 3.8) is 0 Å². The Kier molecular flexibility index (Phi) is 3.75. The molecule has 0 bridgehead atoms. The lowest BCUT2D eigenvalue weighted by Crippen LogP contribution is -2.46. The van der Waals surface area contributed by atoms with Gasteiger partial charge in [0, 0.05) is 19.1 Å². The van der Waals surface area contributed by atoms with E-state index in [-0.39, 0.29) is 11.6 Å². The maximum atomic E-state index is 11.8. The zero-order valence-electron chi connectivity index (χ0n) is 10.8. The number of nitrogens with two attached hydrogens (primary N) is 1. The van der Waals surface area contributed by atoms with Crippen LogP contribution in [0.5, 0.6) is 0 Å². The lowest BCUT2D eigenvalue weighted by molar-refractivity contribution is 0.554. The van der Waals surface area contributed by atoms with Gasteiger partial charge in [-0.3, -0.25) is 4.79 Å². The van der Waals surface area contributed by atoms with Crippen molar-refractivity contribution < 1.29 is 0 Å². The van der Waals surface area contributed by atoms with Crippen LogP contribution in [-0.4, -0.2) is 22.6 Å². The molecular formula is C14H15IN4O. The largest absolute Gasteiger partial charge is 0.347 e.